The molecule has 0 amide bonds. The van der Waals surface area contributed by atoms with Gasteiger partial charge in [-0.15, -0.1) is 0 Å². The summed E-state index contributed by atoms with van der Waals surface area (Å²) in [6.45, 7) is 1.63. The molecule has 0 fully saturated rings. The van der Waals surface area contributed by atoms with Crippen LogP contribution in [0.5, 0.6) is 0 Å². The fourth-order valence-electron chi connectivity index (χ4n) is 0.533. The number of rotatable bonds is 0. The second-order valence-corrected chi connectivity index (χ2v) is 1.77. The van der Waals surface area contributed by atoms with E-state index in [9.17, 15) is 4.91 Å². The van der Waals surface area contributed by atoms with E-state index in [0.29, 0.717) is 10.1 Å². The van der Waals surface area contributed by atoms with Gasteiger partial charge in [-0.3, -0.25) is 0 Å². The smallest absolute Gasteiger partial charge is 0.250 e. The normalized spacial score (nSPS) is 9.44. The van der Waals surface area contributed by atoms with Gasteiger partial charge >= 0.3 is 0 Å². The topological polar surface area (TPSA) is 48.1 Å². The fourth-order valence-corrected chi connectivity index (χ4v) is 0.533. The standard InChI is InChI=1S/C5H7N2O2/c1-5-4-6(8)2-3-7(5)9/h2-4,9H,1H3/q+1. The maximum Gasteiger partial charge on any atom is 0.250 e. The molecule has 1 aromatic heterocycles. The third-order valence-corrected chi connectivity index (χ3v) is 1.03. The van der Waals surface area contributed by atoms with Crippen molar-refractivity contribution in [2.75, 3.05) is 0 Å². The maximum absolute atomic E-state index is 10.4. The molecule has 0 unspecified atom stereocenters. The summed E-state index contributed by atoms with van der Waals surface area (Å²) in [5.74, 6) is 0. The first-order valence-electron chi connectivity index (χ1n) is 2.50. The molecule has 0 bridgehead atoms. The van der Waals surface area contributed by atoms with Crippen LogP contribution < -0.4 is 4.43 Å². The Morgan fingerprint density at radius 3 is 2.89 bits per heavy atom. The summed E-state index contributed by atoms with van der Waals surface area (Å²) in [7, 11) is 0. The van der Waals surface area contributed by atoms with E-state index in [-0.39, 0.29) is 0 Å². The Bertz CT molecular complexity index is 266. The molecule has 0 saturated heterocycles. The Hall–Kier alpha value is -1.32. The summed E-state index contributed by atoms with van der Waals surface area (Å²) >= 11 is 0. The summed E-state index contributed by atoms with van der Waals surface area (Å²) in [6.07, 6.45) is 3.77. The zero-order chi connectivity index (χ0) is 6.85. The molecule has 0 saturated carbocycles. The van der Waals surface area contributed by atoms with Crippen LogP contribution in [0.4, 0.5) is 0 Å². The molecule has 1 heterocycles. The lowest BCUT2D eigenvalue weighted by Crippen LogP contribution is -2.15. The van der Waals surface area contributed by atoms with Gasteiger partial charge in [-0.05, 0) is 6.92 Å². The minimum atomic E-state index is 0.507. The minimum Gasteiger partial charge on any atom is -0.428 e. The van der Waals surface area contributed by atoms with Gasteiger partial charge in [0, 0.05) is 4.91 Å². The Kier molecular flexibility index (Phi) is 1.22. The van der Waals surface area contributed by atoms with E-state index in [2.05, 4.69) is 0 Å². The van der Waals surface area contributed by atoms with E-state index < -0.39 is 0 Å². The summed E-state index contributed by atoms with van der Waals surface area (Å²) in [5, 5.41) is 8.81. The van der Waals surface area contributed by atoms with Gasteiger partial charge < -0.3 is 5.21 Å². The first kappa shape index (κ1) is 5.81. The Balaban J connectivity index is 3.34. The third kappa shape index (κ3) is 1.07. The monoisotopic (exact) mass is 127 g/mol. The third-order valence-electron chi connectivity index (χ3n) is 1.03. The number of aryl methyl sites for hydroxylation is 1. The van der Waals surface area contributed by atoms with Gasteiger partial charge in [0.25, 0.3) is 0 Å². The van der Waals surface area contributed by atoms with Gasteiger partial charge in [0.1, 0.15) is 11.9 Å². The highest BCUT2D eigenvalue weighted by atomic mass is 16.5. The molecule has 1 rings (SSSR count). The molecule has 0 aromatic carbocycles. The van der Waals surface area contributed by atoms with Crippen molar-refractivity contribution in [3.8, 4) is 0 Å². The highest BCUT2D eigenvalue weighted by Crippen LogP contribution is 1.85. The summed E-state index contributed by atoms with van der Waals surface area (Å²) in [4.78, 5) is 10.4. The molecule has 48 valence electrons. The largest absolute Gasteiger partial charge is 0.428 e. The van der Waals surface area contributed by atoms with Crippen molar-refractivity contribution in [1.82, 2.24) is 4.73 Å². The van der Waals surface area contributed by atoms with Gasteiger partial charge in [-0.1, -0.05) is 0 Å². The molecule has 0 aliphatic heterocycles. The van der Waals surface area contributed by atoms with Crippen LogP contribution in [0.3, 0.4) is 0 Å². The molecular weight excluding hydrogens is 120 g/mol. The summed E-state index contributed by atoms with van der Waals surface area (Å²) < 4.78 is 1.51. The van der Waals surface area contributed by atoms with E-state index >= 15 is 0 Å². The highest BCUT2D eigenvalue weighted by Gasteiger charge is 1.96. The zero-order valence-corrected chi connectivity index (χ0v) is 4.98. The summed E-state index contributed by atoms with van der Waals surface area (Å²) in [6, 6.07) is 0. The highest BCUT2D eigenvalue weighted by molar-refractivity contribution is 4.86. The SMILES string of the molecule is Cc1c[n+](=O)ccn1O. The number of aromatic nitrogens is 2. The van der Waals surface area contributed by atoms with Crippen LogP contribution in [-0.4, -0.2) is 9.94 Å². The Morgan fingerprint density at radius 1 is 1.78 bits per heavy atom. The molecule has 1 N–H and O–H groups in total. The molecule has 1 aromatic rings. The van der Waals surface area contributed by atoms with Crippen LogP contribution >= 0.6 is 0 Å². The maximum atomic E-state index is 10.4. The van der Waals surface area contributed by atoms with Crippen molar-refractivity contribution in [3.05, 3.63) is 29.2 Å². The zero-order valence-electron chi connectivity index (χ0n) is 4.98. The van der Waals surface area contributed by atoms with Crippen molar-refractivity contribution >= 4 is 0 Å². The van der Waals surface area contributed by atoms with Crippen molar-refractivity contribution in [2.45, 2.75) is 6.92 Å². The molecule has 4 heteroatoms. The van der Waals surface area contributed by atoms with Crippen LogP contribution in [0, 0.1) is 11.8 Å². The average Bonchev–Trinajstić information content (AvgIpc) is 1.80. The van der Waals surface area contributed by atoms with Crippen LogP contribution in [-0.2, 0) is 0 Å². The van der Waals surface area contributed by atoms with Gasteiger partial charge in [-0.25, -0.2) is 0 Å². The number of hydrogen-bond donors (Lipinski definition) is 1. The van der Waals surface area contributed by atoms with E-state index in [1.54, 1.807) is 6.92 Å². The molecule has 9 heavy (non-hydrogen) atoms. The van der Waals surface area contributed by atoms with Gasteiger partial charge in [0.05, 0.1) is 4.43 Å². The van der Waals surface area contributed by atoms with Crippen LogP contribution in [0.2, 0.25) is 0 Å². The van der Waals surface area contributed by atoms with Crippen LogP contribution in [0.15, 0.2) is 18.6 Å². The van der Waals surface area contributed by atoms with Crippen molar-refractivity contribution in [3.63, 3.8) is 0 Å². The number of nitrogens with zero attached hydrogens (tertiary/aromatic N) is 2. The molecule has 0 spiro atoms. The van der Waals surface area contributed by atoms with E-state index in [4.69, 9.17) is 5.21 Å². The van der Waals surface area contributed by atoms with Gasteiger partial charge in [-0.2, -0.15) is 4.73 Å². The van der Waals surface area contributed by atoms with Crippen LogP contribution in [0.25, 0.3) is 0 Å². The minimum absolute atomic E-state index is 0.507. The lowest BCUT2D eigenvalue weighted by Gasteiger charge is -1.92. The second-order valence-electron chi connectivity index (χ2n) is 1.77. The van der Waals surface area contributed by atoms with Crippen LogP contribution in [0.1, 0.15) is 5.69 Å². The predicted octanol–water partition coefficient (Wildman–Crippen LogP) is -0.0517. The molecule has 4 nitrogen and oxygen atoms in total. The lowest BCUT2D eigenvalue weighted by atomic mass is 10.5. The average molecular weight is 127 g/mol. The van der Waals surface area contributed by atoms with Crippen molar-refractivity contribution in [1.29, 1.82) is 0 Å². The molecule has 0 aliphatic carbocycles. The molecule has 0 aliphatic rings. The second kappa shape index (κ2) is 1.89. The Morgan fingerprint density at radius 2 is 2.44 bits per heavy atom. The quantitative estimate of drug-likeness (QED) is 0.392. The van der Waals surface area contributed by atoms with Crippen molar-refractivity contribution < 1.29 is 9.63 Å². The predicted molar refractivity (Wildman–Crippen MR) is 29.7 cm³/mol. The van der Waals surface area contributed by atoms with Gasteiger partial charge in [0.2, 0.25) is 12.4 Å². The first-order chi connectivity index (χ1) is 4.20. The Labute approximate surface area is 51.5 Å². The van der Waals surface area contributed by atoms with E-state index in [0.717, 1.165) is 4.73 Å². The van der Waals surface area contributed by atoms with E-state index in [1.165, 1.54) is 18.6 Å². The molecule has 0 atom stereocenters. The molecular formula is C5H7N2O2+. The number of hydrogen-bond acceptors (Lipinski definition) is 2. The summed E-state index contributed by atoms with van der Waals surface area (Å²) in [5.41, 5.74) is 0.507. The lowest BCUT2D eigenvalue weighted by molar-refractivity contribution is -0.496. The van der Waals surface area contributed by atoms with Crippen molar-refractivity contribution in [2.24, 2.45) is 0 Å². The fraction of sp³-hybridized carbons (Fsp3) is 0.200. The molecule has 0 radical (unpaired) electrons. The first-order valence-corrected chi connectivity index (χ1v) is 2.50. The van der Waals surface area contributed by atoms with Gasteiger partial charge in [0.15, 0.2) is 0 Å². The van der Waals surface area contributed by atoms with E-state index in [1.807, 2.05) is 0 Å².